The fourth-order valence-corrected chi connectivity index (χ4v) is 6.47. The van der Waals surface area contributed by atoms with Gasteiger partial charge in [0.1, 0.15) is 6.54 Å². The fourth-order valence-electron chi connectivity index (χ4n) is 5.66. The van der Waals surface area contributed by atoms with Crippen LogP contribution in [-0.2, 0) is 16.1 Å². The van der Waals surface area contributed by atoms with Gasteiger partial charge in [-0.15, -0.1) is 10.2 Å². The van der Waals surface area contributed by atoms with Crippen LogP contribution in [0.1, 0.15) is 65.2 Å². The highest BCUT2D eigenvalue weighted by Crippen LogP contribution is 2.28. The number of carbonyl (C=O) groups excluding carboxylic acids is 2. The molecular weight excluding hydrogens is 448 g/mol. The van der Waals surface area contributed by atoms with Crippen molar-refractivity contribution < 1.29 is 9.59 Å². The second kappa shape index (κ2) is 9.98. The predicted molar refractivity (Wildman–Crippen MR) is 134 cm³/mol. The molecule has 1 saturated heterocycles. The third-order valence-corrected chi connectivity index (χ3v) is 8.26. The molecule has 3 heterocycles. The highest BCUT2D eigenvalue weighted by atomic mass is 32.2. The Morgan fingerprint density at radius 2 is 1.68 bits per heavy atom. The Balaban J connectivity index is 1.36. The second-order valence-corrected chi connectivity index (χ2v) is 10.8. The number of carbonyl (C=O) groups is 2. The van der Waals surface area contributed by atoms with Crippen LogP contribution in [0.4, 0.5) is 0 Å². The van der Waals surface area contributed by atoms with Crippen LogP contribution in [0.25, 0.3) is 16.8 Å². The first-order chi connectivity index (χ1) is 16.5. The number of hydrogen-bond acceptors (Lipinski definition) is 5. The lowest BCUT2D eigenvalue weighted by Gasteiger charge is -2.39. The largest absolute Gasteiger partial charge is 0.352 e. The lowest BCUT2D eigenvalue weighted by atomic mass is 9.95. The average molecular weight is 483 g/mol. The molecule has 182 valence electrons. The van der Waals surface area contributed by atoms with Gasteiger partial charge >= 0.3 is 0 Å². The molecule has 0 spiro atoms. The summed E-state index contributed by atoms with van der Waals surface area (Å²) in [7, 11) is 0. The van der Waals surface area contributed by atoms with Crippen molar-refractivity contribution in [2.45, 2.75) is 95.0 Å². The van der Waals surface area contributed by atoms with Gasteiger partial charge < -0.3 is 10.2 Å². The minimum atomic E-state index is 0.00982. The Hall–Kier alpha value is -2.55. The molecular formula is C25H34N6O2S. The normalized spacial score (nSPS) is 21.9. The van der Waals surface area contributed by atoms with E-state index in [1.807, 2.05) is 38.1 Å². The molecule has 2 aliphatic rings. The second-order valence-electron chi connectivity index (χ2n) is 9.81. The molecule has 2 fully saturated rings. The maximum atomic E-state index is 13.0. The van der Waals surface area contributed by atoms with E-state index in [1.165, 1.54) is 37.4 Å². The smallest absolute Gasteiger partial charge is 0.240 e. The van der Waals surface area contributed by atoms with Crippen molar-refractivity contribution in [3.8, 4) is 0 Å². The van der Waals surface area contributed by atoms with E-state index < -0.39 is 0 Å². The summed E-state index contributed by atoms with van der Waals surface area (Å²) in [5.41, 5.74) is 1.89. The van der Waals surface area contributed by atoms with Crippen LogP contribution < -0.4 is 5.32 Å². The van der Waals surface area contributed by atoms with Crippen molar-refractivity contribution in [3.63, 3.8) is 0 Å². The van der Waals surface area contributed by atoms with Crippen LogP contribution in [0.15, 0.2) is 29.4 Å². The maximum absolute atomic E-state index is 13.0. The Morgan fingerprint density at radius 1 is 0.971 bits per heavy atom. The molecule has 1 saturated carbocycles. The van der Waals surface area contributed by atoms with Crippen molar-refractivity contribution in [3.05, 3.63) is 24.3 Å². The lowest BCUT2D eigenvalue weighted by Crippen LogP contribution is -2.48. The summed E-state index contributed by atoms with van der Waals surface area (Å²) in [5, 5.41) is 12.7. The molecule has 5 rings (SSSR count). The summed E-state index contributed by atoms with van der Waals surface area (Å²) in [6, 6.07) is 8.80. The molecule has 1 aliphatic heterocycles. The van der Waals surface area contributed by atoms with Gasteiger partial charge in [0.15, 0.2) is 5.16 Å². The van der Waals surface area contributed by atoms with Gasteiger partial charge in [0.05, 0.1) is 16.8 Å². The highest BCUT2D eigenvalue weighted by Gasteiger charge is 2.29. The van der Waals surface area contributed by atoms with Gasteiger partial charge in [-0.1, -0.05) is 43.2 Å². The number of nitrogens with zero attached hydrogens (tertiary/aromatic N) is 5. The van der Waals surface area contributed by atoms with Crippen LogP contribution in [0.5, 0.6) is 0 Å². The van der Waals surface area contributed by atoms with Crippen molar-refractivity contribution in [2.24, 2.45) is 0 Å². The van der Waals surface area contributed by atoms with Crippen molar-refractivity contribution in [2.75, 3.05) is 5.75 Å². The Bertz CT molecular complexity index is 1170. The van der Waals surface area contributed by atoms with Crippen LogP contribution in [0.2, 0.25) is 0 Å². The van der Waals surface area contributed by atoms with Crippen LogP contribution in [0, 0.1) is 0 Å². The van der Waals surface area contributed by atoms with Gasteiger partial charge in [0.2, 0.25) is 17.6 Å². The van der Waals surface area contributed by atoms with E-state index in [2.05, 4.69) is 29.4 Å². The quantitative estimate of drug-likeness (QED) is 0.537. The standard InChI is InChI=1S/C25H34N6O2S/c1-17-9-8-10-18(2)30(17)23(33)16-34-25-28-27-24-29(20-13-6-7-14-21(20)31(24)25)15-22(32)26-19-11-4-3-5-12-19/h6-7,13-14,17-19H,3-5,8-12,15-16H2,1-2H3,(H,26,32). The van der Waals surface area contributed by atoms with E-state index in [4.69, 9.17) is 0 Å². The molecule has 0 bridgehead atoms. The first-order valence-corrected chi connectivity index (χ1v) is 13.6. The zero-order chi connectivity index (χ0) is 23.7. The molecule has 1 aliphatic carbocycles. The van der Waals surface area contributed by atoms with Crippen LogP contribution in [0.3, 0.4) is 0 Å². The summed E-state index contributed by atoms with van der Waals surface area (Å²) in [4.78, 5) is 28.0. The molecule has 3 aromatic rings. The zero-order valence-corrected chi connectivity index (χ0v) is 20.9. The highest BCUT2D eigenvalue weighted by molar-refractivity contribution is 7.99. The van der Waals surface area contributed by atoms with Crippen LogP contribution >= 0.6 is 11.8 Å². The number of fused-ring (bicyclic) bond motifs is 3. The van der Waals surface area contributed by atoms with Gasteiger partial charge in [-0.25, -0.2) is 0 Å². The summed E-state index contributed by atoms with van der Waals surface area (Å²) in [6.45, 7) is 4.48. The monoisotopic (exact) mass is 482 g/mol. The number of piperidine rings is 1. The number of rotatable bonds is 6. The Morgan fingerprint density at radius 3 is 2.41 bits per heavy atom. The molecule has 34 heavy (non-hydrogen) atoms. The van der Waals surface area contributed by atoms with E-state index in [-0.39, 0.29) is 36.5 Å². The molecule has 2 aromatic heterocycles. The predicted octanol–water partition coefficient (Wildman–Crippen LogP) is 4.01. The maximum Gasteiger partial charge on any atom is 0.240 e. The summed E-state index contributed by atoms with van der Waals surface area (Å²) < 4.78 is 3.91. The summed E-state index contributed by atoms with van der Waals surface area (Å²) in [6.07, 6.45) is 9.04. The number of hydrogen-bond donors (Lipinski definition) is 1. The lowest BCUT2D eigenvalue weighted by molar-refractivity contribution is -0.134. The fraction of sp³-hybridized carbons (Fsp3) is 0.600. The van der Waals surface area contributed by atoms with E-state index in [9.17, 15) is 9.59 Å². The van der Waals surface area contributed by atoms with Crippen molar-refractivity contribution in [1.82, 2.24) is 29.4 Å². The molecule has 2 amide bonds. The molecule has 2 unspecified atom stereocenters. The molecule has 1 N–H and O–H groups in total. The van der Waals surface area contributed by atoms with Gasteiger partial charge in [-0.3, -0.25) is 18.6 Å². The molecule has 0 radical (unpaired) electrons. The van der Waals surface area contributed by atoms with E-state index in [1.54, 1.807) is 0 Å². The first kappa shape index (κ1) is 23.2. The van der Waals surface area contributed by atoms with Gasteiger partial charge in [-0.2, -0.15) is 0 Å². The number of nitrogens with one attached hydrogen (secondary N) is 1. The number of para-hydroxylation sites is 2. The van der Waals surface area contributed by atoms with Gasteiger partial charge in [-0.05, 0) is 58.1 Å². The molecule has 8 nitrogen and oxygen atoms in total. The third-order valence-electron chi connectivity index (χ3n) is 7.35. The summed E-state index contributed by atoms with van der Waals surface area (Å²) >= 11 is 1.42. The number of thioether (sulfide) groups is 1. The minimum absolute atomic E-state index is 0.00982. The van der Waals surface area contributed by atoms with E-state index >= 15 is 0 Å². The minimum Gasteiger partial charge on any atom is -0.352 e. The summed E-state index contributed by atoms with van der Waals surface area (Å²) in [5.74, 6) is 1.12. The van der Waals surface area contributed by atoms with Gasteiger partial charge in [0, 0.05) is 18.1 Å². The number of amides is 2. The molecule has 9 heteroatoms. The first-order valence-electron chi connectivity index (χ1n) is 12.6. The number of benzene rings is 1. The van der Waals surface area contributed by atoms with Crippen molar-refractivity contribution >= 4 is 40.4 Å². The number of imidazole rings is 1. The molecule has 2 atom stereocenters. The average Bonchev–Trinajstić information content (AvgIpc) is 3.37. The van der Waals surface area contributed by atoms with E-state index in [0.717, 1.165) is 36.7 Å². The third kappa shape index (κ3) is 4.54. The topological polar surface area (TPSA) is 84.5 Å². The van der Waals surface area contributed by atoms with Crippen molar-refractivity contribution in [1.29, 1.82) is 0 Å². The molecule has 1 aromatic carbocycles. The zero-order valence-electron chi connectivity index (χ0n) is 20.1. The number of aromatic nitrogens is 4. The SMILES string of the molecule is CC1CCCC(C)N1C(=O)CSc1nnc2n(CC(=O)NC3CCCCC3)c3ccccc3n12. The van der Waals surface area contributed by atoms with Crippen LogP contribution in [-0.4, -0.2) is 59.8 Å². The Labute approximate surface area is 204 Å². The van der Waals surface area contributed by atoms with Gasteiger partial charge in [0.25, 0.3) is 0 Å². The Kier molecular flexibility index (Phi) is 6.81. The number of likely N-dealkylation sites (tertiary alicyclic amines) is 1. The van der Waals surface area contributed by atoms with E-state index in [0.29, 0.717) is 16.7 Å².